The van der Waals surface area contributed by atoms with E-state index in [9.17, 15) is 9.18 Å². The number of hydrogen-bond donors (Lipinski definition) is 1. The smallest absolute Gasteiger partial charge is 0.249 e. The van der Waals surface area contributed by atoms with Crippen molar-refractivity contribution in [3.05, 3.63) is 63.9 Å². The Morgan fingerprint density at radius 1 is 1.30 bits per heavy atom. The van der Waals surface area contributed by atoms with Crippen molar-refractivity contribution in [2.75, 3.05) is 5.32 Å². The molecule has 2 heterocycles. The molecule has 2 aromatic heterocycles. The normalized spacial score (nSPS) is 12.2. The minimum Gasteiger partial charge on any atom is -0.321 e. The number of nitrogens with zero attached hydrogens (tertiary/aromatic N) is 4. The zero-order valence-corrected chi connectivity index (χ0v) is 17.0. The van der Waals surface area contributed by atoms with Crippen molar-refractivity contribution in [1.82, 2.24) is 19.6 Å². The van der Waals surface area contributed by atoms with Gasteiger partial charge in [0.15, 0.2) is 0 Å². The number of anilines is 1. The van der Waals surface area contributed by atoms with Crippen LogP contribution in [0.25, 0.3) is 0 Å². The lowest BCUT2D eigenvalue weighted by Gasteiger charge is -2.15. The first-order chi connectivity index (χ1) is 12.9. The van der Waals surface area contributed by atoms with E-state index in [4.69, 9.17) is 0 Å². The summed E-state index contributed by atoms with van der Waals surface area (Å²) in [6.07, 6.45) is 4.06. The summed E-state index contributed by atoms with van der Waals surface area (Å²) in [5.41, 5.74) is 3.22. The Balaban J connectivity index is 1.79. The molecule has 0 aliphatic carbocycles. The van der Waals surface area contributed by atoms with Crippen LogP contribution in [0.5, 0.6) is 0 Å². The SMILES string of the molecule is CCC(C(=O)Nc1c(C)nn(Cc2ccc(F)cc2)c1C)n1cc(Br)cn1. The molecule has 1 unspecified atom stereocenters. The van der Waals surface area contributed by atoms with Gasteiger partial charge in [-0.3, -0.25) is 14.2 Å². The molecule has 0 bridgehead atoms. The predicted octanol–water partition coefficient (Wildman–Crippen LogP) is 4.24. The number of benzene rings is 1. The first-order valence-electron chi connectivity index (χ1n) is 8.68. The molecule has 142 valence electrons. The number of carbonyl (C=O) groups is 1. The number of rotatable bonds is 6. The van der Waals surface area contributed by atoms with Gasteiger partial charge in [-0.2, -0.15) is 10.2 Å². The van der Waals surface area contributed by atoms with Crippen molar-refractivity contribution < 1.29 is 9.18 Å². The molecule has 3 aromatic rings. The number of aryl methyl sites for hydroxylation is 1. The molecule has 27 heavy (non-hydrogen) atoms. The number of aromatic nitrogens is 4. The van der Waals surface area contributed by atoms with E-state index in [0.29, 0.717) is 18.7 Å². The summed E-state index contributed by atoms with van der Waals surface area (Å²) in [6.45, 7) is 6.21. The lowest BCUT2D eigenvalue weighted by atomic mass is 10.2. The van der Waals surface area contributed by atoms with Gasteiger partial charge in [-0.15, -0.1) is 0 Å². The molecule has 0 saturated carbocycles. The highest BCUT2D eigenvalue weighted by Crippen LogP contribution is 2.23. The van der Waals surface area contributed by atoms with Crippen LogP contribution in [-0.4, -0.2) is 25.5 Å². The van der Waals surface area contributed by atoms with Crippen LogP contribution >= 0.6 is 15.9 Å². The first-order valence-corrected chi connectivity index (χ1v) is 9.47. The average molecular weight is 434 g/mol. The Labute approximate surface area is 165 Å². The fourth-order valence-corrected chi connectivity index (χ4v) is 3.28. The van der Waals surface area contributed by atoms with Crippen molar-refractivity contribution in [3.63, 3.8) is 0 Å². The Hall–Kier alpha value is -2.48. The van der Waals surface area contributed by atoms with Crippen LogP contribution in [0, 0.1) is 19.7 Å². The number of hydrogen-bond acceptors (Lipinski definition) is 3. The van der Waals surface area contributed by atoms with Gasteiger partial charge >= 0.3 is 0 Å². The summed E-state index contributed by atoms with van der Waals surface area (Å²) in [5.74, 6) is -0.406. The van der Waals surface area contributed by atoms with E-state index in [1.807, 2.05) is 25.5 Å². The molecule has 1 atom stereocenters. The molecule has 0 spiro atoms. The van der Waals surface area contributed by atoms with Gasteiger partial charge in [0.05, 0.1) is 34.3 Å². The van der Waals surface area contributed by atoms with Crippen molar-refractivity contribution in [2.45, 2.75) is 39.8 Å². The van der Waals surface area contributed by atoms with Crippen molar-refractivity contribution in [2.24, 2.45) is 0 Å². The summed E-state index contributed by atoms with van der Waals surface area (Å²) in [6, 6.07) is 5.91. The number of nitrogens with one attached hydrogen (secondary N) is 1. The number of carbonyl (C=O) groups excluding carboxylic acids is 1. The zero-order chi connectivity index (χ0) is 19.6. The molecular formula is C19H21BrFN5O. The Morgan fingerprint density at radius 3 is 2.59 bits per heavy atom. The van der Waals surface area contributed by atoms with Gasteiger partial charge in [-0.25, -0.2) is 4.39 Å². The maximum absolute atomic E-state index is 13.1. The molecule has 8 heteroatoms. The highest BCUT2D eigenvalue weighted by atomic mass is 79.9. The molecule has 0 aliphatic rings. The first kappa shape index (κ1) is 19.3. The third kappa shape index (κ3) is 4.27. The van der Waals surface area contributed by atoms with Crippen LogP contribution < -0.4 is 5.32 Å². The quantitative estimate of drug-likeness (QED) is 0.632. The molecule has 0 fully saturated rings. The Bertz CT molecular complexity index is 948. The number of halogens is 2. The third-order valence-electron chi connectivity index (χ3n) is 4.45. The lowest BCUT2D eigenvalue weighted by Crippen LogP contribution is -2.26. The van der Waals surface area contributed by atoms with Gasteiger partial charge in [-0.05, 0) is 53.9 Å². The van der Waals surface area contributed by atoms with E-state index in [1.54, 1.807) is 29.2 Å². The zero-order valence-electron chi connectivity index (χ0n) is 15.4. The molecule has 1 amide bonds. The van der Waals surface area contributed by atoms with Crippen LogP contribution in [0.4, 0.5) is 10.1 Å². The van der Waals surface area contributed by atoms with Gasteiger partial charge in [0, 0.05) is 6.20 Å². The molecule has 6 nitrogen and oxygen atoms in total. The maximum atomic E-state index is 13.1. The minimum atomic E-state index is -0.407. The van der Waals surface area contributed by atoms with E-state index < -0.39 is 6.04 Å². The fourth-order valence-electron chi connectivity index (χ4n) is 2.98. The highest BCUT2D eigenvalue weighted by molar-refractivity contribution is 9.10. The van der Waals surface area contributed by atoms with Gasteiger partial charge in [0.25, 0.3) is 0 Å². The monoisotopic (exact) mass is 433 g/mol. The van der Waals surface area contributed by atoms with E-state index in [0.717, 1.165) is 21.4 Å². The van der Waals surface area contributed by atoms with E-state index >= 15 is 0 Å². The summed E-state index contributed by atoms with van der Waals surface area (Å²) in [5, 5.41) is 11.7. The van der Waals surface area contributed by atoms with Crippen LogP contribution in [0.3, 0.4) is 0 Å². The number of amides is 1. The molecule has 1 aromatic carbocycles. The van der Waals surface area contributed by atoms with Gasteiger partial charge in [0.2, 0.25) is 5.91 Å². The minimum absolute atomic E-state index is 0.138. The maximum Gasteiger partial charge on any atom is 0.249 e. The standard InChI is InChI=1S/C19H21BrFN5O/c1-4-17(26-11-15(20)9-22-26)19(27)23-18-12(2)24-25(13(18)3)10-14-5-7-16(21)8-6-14/h5-9,11,17H,4,10H2,1-3H3,(H,23,27). The Morgan fingerprint density at radius 2 is 2.00 bits per heavy atom. The third-order valence-corrected chi connectivity index (χ3v) is 4.86. The molecule has 0 aliphatic heterocycles. The van der Waals surface area contributed by atoms with Gasteiger partial charge < -0.3 is 5.32 Å². The Kier molecular flexibility index (Phi) is 5.74. The van der Waals surface area contributed by atoms with Crippen LogP contribution in [0.1, 0.15) is 36.3 Å². The largest absolute Gasteiger partial charge is 0.321 e. The molecule has 3 rings (SSSR count). The van der Waals surface area contributed by atoms with Crippen molar-refractivity contribution in [3.8, 4) is 0 Å². The fraction of sp³-hybridized carbons (Fsp3) is 0.316. The summed E-state index contributed by atoms with van der Waals surface area (Å²) in [4.78, 5) is 12.8. The van der Waals surface area contributed by atoms with Crippen LogP contribution in [0.15, 0.2) is 41.1 Å². The lowest BCUT2D eigenvalue weighted by molar-refractivity contribution is -0.119. The second-order valence-electron chi connectivity index (χ2n) is 6.38. The van der Waals surface area contributed by atoms with Crippen LogP contribution in [-0.2, 0) is 11.3 Å². The molecule has 0 radical (unpaired) electrons. The average Bonchev–Trinajstić information content (AvgIpc) is 3.16. The van der Waals surface area contributed by atoms with Gasteiger partial charge in [0.1, 0.15) is 11.9 Å². The summed E-state index contributed by atoms with van der Waals surface area (Å²) >= 11 is 3.36. The second-order valence-corrected chi connectivity index (χ2v) is 7.30. The van der Waals surface area contributed by atoms with E-state index in [2.05, 4.69) is 31.4 Å². The molecule has 1 N–H and O–H groups in total. The van der Waals surface area contributed by atoms with Crippen LogP contribution in [0.2, 0.25) is 0 Å². The van der Waals surface area contributed by atoms with E-state index in [-0.39, 0.29) is 11.7 Å². The molecule has 0 saturated heterocycles. The van der Waals surface area contributed by atoms with E-state index in [1.165, 1.54) is 12.1 Å². The summed E-state index contributed by atoms with van der Waals surface area (Å²) < 4.78 is 17.4. The van der Waals surface area contributed by atoms with Gasteiger partial charge in [-0.1, -0.05) is 19.1 Å². The molecular weight excluding hydrogens is 413 g/mol. The topological polar surface area (TPSA) is 64.7 Å². The predicted molar refractivity (Wildman–Crippen MR) is 105 cm³/mol. The van der Waals surface area contributed by atoms with Crippen molar-refractivity contribution >= 4 is 27.5 Å². The summed E-state index contributed by atoms with van der Waals surface area (Å²) in [7, 11) is 0. The second kappa shape index (κ2) is 8.04. The van der Waals surface area contributed by atoms with Crippen molar-refractivity contribution in [1.29, 1.82) is 0 Å². The highest BCUT2D eigenvalue weighted by Gasteiger charge is 2.22.